The fourth-order valence-corrected chi connectivity index (χ4v) is 3.40. The molecule has 23 heavy (non-hydrogen) atoms. The van der Waals surface area contributed by atoms with Crippen LogP contribution in [0, 0.1) is 12.8 Å². The van der Waals surface area contributed by atoms with Crippen molar-refractivity contribution >= 4 is 5.91 Å². The van der Waals surface area contributed by atoms with Crippen LogP contribution < -0.4 is 0 Å². The number of amides is 1. The number of aryl methyl sites for hydroxylation is 1. The third-order valence-corrected chi connectivity index (χ3v) is 4.77. The molecule has 1 saturated carbocycles. The Hall–Kier alpha value is -2.08. The van der Waals surface area contributed by atoms with Crippen molar-refractivity contribution in [3.63, 3.8) is 0 Å². The van der Waals surface area contributed by atoms with Crippen LogP contribution in [0.4, 0.5) is 0 Å². The number of β-amino-alcohol motifs (C(OH)–C–C–N with tert-alkyl or cyclic N) is 1. The van der Waals surface area contributed by atoms with E-state index in [-0.39, 0.29) is 11.8 Å². The molecule has 1 aliphatic heterocycles. The first-order valence-corrected chi connectivity index (χ1v) is 8.18. The lowest BCUT2D eigenvalue weighted by molar-refractivity contribution is 0.0754. The Bertz CT molecular complexity index is 716. The van der Waals surface area contributed by atoms with Gasteiger partial charge in [-0.25, -0.2) is 0 Å². The molecule has 1 N–H and O–H groups in total. The van der Waals surface area contributed by atoms with Crippen LogP contribution in [0.2, 0.25) is 0 Å². The van der Waals surface area contributed by atoms with E-state index in [0.29, 0.717) is 25.6 Å². The number of carbonyl (C=O) groups excluding carboxylic acids is 1. The Morgan fingerprint density at radius 1 is 1.43 bits per heavy atom. The number of hydrogen-bond acceptors (Lipinski definition) is 4. The van der Waals surface area contributed by atoms with Crippen molar-refractivity contribution in [1.29, 1.82) is 0 Å². The van der Waals surface area contributed by atoms with Crippen LogP contribution in [0.25, 0.3) is 0 Å². The van der Waals surface area contributed by atoms with E-state index in [1.165, 1.54) is 0 Å². The average molecular weight is 315 g/mol. The summed E-state index contributed by atoms with van der Waals surface area (Å²) in [7, 11) is 0. The zero-order valence-electron chi connectivity index (χ0n) is 13.2. The van der Waals surface area contributed by atoms with Crippen LogP contribution in [0.5, 0.6) is 0 Å². The number of nitrogens with zero attached hydrogens (tertiary/aromatic N) is 3. The Labute approximate surface area is 134 Å². The van der Waals surface area contributed by atoms with Gasteiger partial charge in [-0.15, -0.1) is 0 Å². The second-order valence-electron chi connectivity index (χ2n) is 6.71. The smallest absolute Gasteiger partial charge is 0.270 e. The zero-order chi connectivity index (χ0) is 16.0. The second-order valence-corrected chi connectivity index (χ2v) is 6.71. The predicted molar refractivity (Wildman–Crippen MR) is 83.0 cm³/mol. The first-order valence-electron chi connectivity index (χ1n) is 8.18. The summed E-state index contributed by atoms with van der Waals surface area (Å²) in [6.45, 7) is 2.81. The molecule has 0 bridgehead atoms. The number of aliphatic hydroxyl groups is 1. The summed E-state index contributed by atoms with van der Waals surface area (Å²) >= 11 is 0. The SMILES string of the molecule is Cc1cc(C[C@@H]2CN(C(=O)c3cccn3C3CC3)C[C@H]2O)on1. The molecule has 0 aromatic carbocycles. The molecular formula is C17H21N3O3. The first kappa shape index (κ1) is 14.5. The van der Waals surface area contributed by atoms with Crippen LogP contribution in [-0.2, 0) is 6.42 Å². The third kappa shape index (κ3) is 2.79. The van der Waals surface area contributed by atoms with Gasteiger partial charge in [-0.1, -0.05) is 5.16 Å². The van der Waals surface area contributed by atoms with E-state index in [4.69, 9.17) is 4.52 Å². The van der Waals surface area contributed by atoms with Crippen molar-refractivity contribution in [2.75, 3.05) is 13.1 Å². The molecule has 2 fully saturated rings. The highest BCUT2D eigenvalue weighted by Gasteiger charge is 2.37. The number of carbonyl (C=O) groups is 1. The van der Waals surface area contributed by atoms with Gasteiger partial charge in [0, 0.05) is 43.7 Å². The molecule has 3 heterocycles. The monoisotopic (exact) mass is 315 g/mol. The third-order valence-electron chi connectivity index (χ3n) is 4.77. The molecule has 1 aliphatic carbocycles. The maximum Gasteiger partial charge on any atom is 0.270 e. The van der Waals surface area contributed by atoms with Crippen LogP contribution in [-0.4, -0.2) is 44.8 Å². The van der Waals surface area contributed by atoms with E-state index in [0.717, 1.165) is 30.0 Å². The van der Waals surface area contributed by atoms with Crippen molar-refractivity contribution in [3.8, 4) is 0 Å². The summed E-state index contributed by atoms with van der Waals surface area (Å²) in [5.41, 5.74) is 1.57. The lowest BCUT2D eigenvalue weighted by Gasteiger charge is -2.17. The summed E-state index contributed by atoms with van der Waals surface area (Å²) < 4.78 is 7.30. The molecule has 0 unspecified atom stereocenters. The Morgan fingerprint density at radius 2 is 2.26 bits per heavy atom. The van der Waals surface area contributed by atoms with Gasteiger partial charge >= 0.3 is 0 Å². The molecule has 0 radical (unpaired) electrons. The average Bonchev–Trinajstić information content (AvgIpc) is 2.93. The Kier molecular flexibility index (Phi) is 3.49. The van der Waals surface area contributed by atoms with Gasteiger partial charge in [-0.3, -0.25) is 4.79 Å². The topological polar surface area (TPSA) is 71.5 Å². The van der Waals surface area contributed by atoms with Gasteiger partial charge in [0.25, 0.3) is 5.91 Å². The highest BCUT2D eigenvalue weighted by molar-refractivity contribution is 5.93. The molecule has 2 aliphatic rings. The van der Waals surface area contributed by atoms with E-state index in [1.54, 1.807) is 4.90 Å². The molecule has 2 aromatic heterocycles. The fraction of sp³-hybridized carbons (Fsp3) is 0.529. The van der Waals surface area contributed by atoms with Crippen molar-refractivity contribution in [1.82, 2.24) is 14.6 Å². The van der Waals surface area contributed by atoms with Gasteiger partial charge in [0.1, 0.15) is 11.5 Å². The highest BCUT2D eigenvalue weighted by Crippen LogP contribution is 2.36. The number of hydrogen-bond donors (Lipinski definition) is 1. The van der Waals surface area contributed by atoms with Gasteiger partial charge in [-0.2, -0.15) is 0 Å². The summed E-state index contributed by atoms with van der Waals surface area (Å²) in [6, 6.07) is 6.16. The molecule has 6 nitrogen and oxygen atoms in total. The minimum absolute atomic E-state index is 0.00404. The van der Waals surface area contributed by atoms with Crippen molar-refractivity contribution in [2.45, 2.75) is 38.3 Å². The highest BCUT2D eigenvalue weighted by atomic mass is 16.5. The van der Waals surface area contributed by atoms with E-state index in [1.807, 2.05) is 31.3 Å². The summed E-state index contributed by atoms with van der Waals surface area (Å²) in [5.74, 6) is 0.773. The molecule has 4 rings (SSSR count). The van der Waals surface area contributed by atoms with Crippen LogP contribution >= 0.6 is 0 Å². The van der Waals surface area contributed by atoms with E-state index < -0.39 is 6.10 Å². The summed E-state index contributed by atoms with van der Waals surface area (Å²) in [5, 5.41) is 14.2. The number of rotatable bonds is 4. The molecule has 2 atom stereocenters. The number of aromatic nitrogens is 2. The van der Waals surface area contributed by atoms with Crippen molar-refractivity contribution in [2.24, 2.45) is 5.92 Å². The largest absolute Gasteiger partial charge is 0.391 e. The molecule has 6 heteroatoms. The predicted octanol–water partition coefficient (Wildman–Crippen LogP) is 1.80. The van der Waals surface area contributed by atoms with E-state index >= 15 is 0 Å². The molecule has 122 valence electrons. The normalized spacial score (nSPS) is 24.3. The Morgan fingerprint density at radius 3 is 2.96 bits per heavy atom. The molecule has 0 spiro atoms. The maximum absolute atomic E-state index is 12.8. The summed E-state index contributed by atoms with van der Waals surface area (Å²) in [6.07, 6.45) is 4.35. The van der Waals surface area contributed by atoms with Crippen LogP contribution in [0.1, 0.15) is 40.8 Å². The minimum atomic E-state index is -0.520. The second kappa shape index (κ2) is 5.53. The standard InChI is InChI=1S/C17H21N3O3/c1-11-7-14(23-18-11)8-12-9-19(10-16(12)21)17(22)15-3-2-6-20(15)13-4-5-13/h2-3,6-7,12-13,16,21H,4-5,8-10H2,1H3/t12-,16-/m1/s1. The number of likely N-dealkylation sites (tertiary alicyclic amines) is 1. The van der Waals surface area contributed by atoms with Gasteiger partial charge in [0.05, 0.1) is 11.8 Å². The lowest BCUT2D eigenvalue weighted by atomic mass is 10.0. The molecule has 1 amide bonds. The number of aliphatic hydroxyl groups excluding tert-OH is 1. The van der Waals surface area contributed by atoms with Crippen LogP contribution in [0.15, 0.2) is 28.9 Å². The Balaban J connectivity index is 1.46. The minimum Gasteiger partial charge on any atom is -0.391 e. The quantitative estimate of drug-likeness (QED) is 0.934. The van der Waals surface area contributed by atoms with Crippen LogP contribution in [0.3, 0.4) is 0 Å². The maximum atomic E-state index is 12.8. The lowest BCUT2D eigenvalue weighted by Crippen LogP contribution is -2.31. The molecule has 1 saturated heterocycles. The zero-order valence-corrected chi connectivity index (χ0v) is 13.2. The summed E-state index contributed by atoms with van der Waals surface area (Å²) in [4.78, 5) is 14.5. The van der Waals surface area contributed by atoms with Crippen molar-refractivity contribution < 1.29 is 14.4 Å². The fourth-order valence-electron chi connectivity index (χ4n) is 3.40. The molecule has 2 aromatic rings. The van der Waals surface area contributed by atoms with Gasteiger partial charge in [0.15, 0.2) is 0 Å². The molecular weight excluding hydrogens is 294 g/mol. The van der Waals surface area contributed by atoms with E-state index in [2.05, 4.69) is 9.72 Å². The van der Waals surface area contributed by atoms with Crippen molar-refractivity contribution in [3.05, 3.63) is 41.5 Å². The first-order chi connectivity index (χ1) is 11.1. The van der Waals surface area contributed by atoms with Gasteiger partial charge in [0.2, 0.25) is 0 Å². The van der Waals surface area contributed by atoms with Gasteiger partial charge in [-0.05, 0) is 31.9 Å². The van der Waals surface area contributed by atoms with Gasteiger partial charge < -0.3 is 19.1 Å². The van der Waals surface area contributed by atoms with E-state index in [9.17, 15) is 9.90 Å².